The van der Waals surface area contributed by atoms with Crippen molar-refractivity contribution in [2.45, 2.75) is 36.7 Å². The maximum Gasteiger partial charge on any atom is 0.0521 e. The average Bonchev–Trinajstić information content (AvgIpc) is 3.20. The molecule has 1 aromatic carbocycles. The zero-order valence-electron chi connectivity index (χ0n) is 11.9. The maximum absolute atomic E-state index is 4.19. The maximum atomic E-state index is 4.19. The van der Waals surface area contributed by atoms with E-state index in [0.29, 0.717) is 0 Å². The van der Waals surface area contributed by atoms with Crippen molar-refractivity contribution < 1.29 is 0 Å². The van der Waals surface area contributed by atoms with E-state index in [1.807, 2.05) is 29.7 Å². The lowest BCUT2D eigenvalue weighted by Crippen LogP contribution is -2.14. The van der Waals surface area contributed by atoms with Crippen LogP contribution in [0, 0.1) is 0 Å². The number of hydrogen-bond acceptors (Lipinski definition) is 3. The van der Waals surface area contributed by atoms with Crippen molar-refractivity contribution in [2.24, 2.45) is 7.05 Å². The third-order valence-corrected chi connectivity index (χ3v) is 4.53. The van der Waals surface area contributed by atoms with Gasteiger partial charge in [0.05, 0.1) is 6.20 Å². The van der Waals surface area contributed by atoms with Gasteiger partial charge in [0.25, 0.3) is 0 Å². The van der Waals surface area contributed by atoms with Crippen molar-refractivity contribution >= 4 is 11.8 Å². The van der Waals surface area contributed by atoms with Crippen LogP contribution >= 0.6 is 11.8 Å². The minimum atomic E-state index is 0.781. The molecule has 0 atom stereocenters. The molecule has 20 heavy (non-hydrogen) atoms. The number of thioether (sulfide) groups is 1. The zero-order valence-corrected chi connectivity index (χ0v) is 12.7. The Labute approximate surface area is 124 Å². The molecule has 3 rings (SSSR count). The molecule has 0 radical (unpaired) electrons. The lowest BCUT2D eigenvalue weighted by molar-refractivity contribution is 0.687. The van der Waals surface area contributed by atoms with Gasteiger partial charge < -0.3 is 5.32 Å². The third kappa shape index (κ3) is 4.12. The number of aryl methyl sites for hydroxylation is 2. The van der Waals surface area contributed by atoms with Crippen molar-refractivity contribution in [1.82, 2.24) is 15.1 Å². The van der Waals surface area contributed by atoms with Gasteiger partial charge in [-0.3, -0.25) is 4.68 Å². The number of nitrogens with one attached hydrogen (secondary N) is 1. The Balaban J connectivity index is 1.42. The second kappa shape index (κ2) is 6.46. The molecule has 1 aliphatic carbocycles. The number of rotatable bonds is 7. The normalized spacial score (nSPS) is 14.7. The first-order chi connectivity index (χ1) is 9.79. The smallest absolute Gasteiger partial charge is 0.0521 e. The molecule has 3 nitrogen and oxygen atoms in total. The molecule has 106 valence electrons. The molecule has 0 amide bonds. The molecule has 2 aromatic rings. The monoisotopic (exact) mass is 287 g/mol. The van der Waals surface area contributed by atoms with Gasteiger partial charge in [-0.2, -0.15) is 5.10 Å². The number of nitrogens with zero attached hydrogens (tertiary/aromatic N) is 2. The fourth-order valence-corrected chi connectivity index (χ4v) is 3.04. The quantitative estimate of drug-likeness (QED) is 0.794. The van der Waals surface area contributed by atoms with Crippen molar-refractivity contribution in [1.29, 1.82) is 0 Å². The van der Waals surface area contributed by atoms with Gasteiger partial charge >= 0.3 is 0 Å². The van der Waals surface area contributed by atoms with Crippen LogP contribution in [-0.2, 0) is 20.0 Å². The Morgan fingerprint density at radius 1 is 1.25 bits per heavy atom. The molecule has 1 aromatic heterocycles. The van der Waals surface area contributed by atoms with Crippen LogP contribution in [0.1, 0.15) is 24.0 Å². The van der Waals surface area contributed by atoms with Crippen LogP contribution in [0.2, 0.25) is 0 Å². The van der Waals surface area contributed by atoms with E-state index >= 15 is 0 Å². The Morgan fingerprint density at radius 3 is 2.70 bits per heavy atom. The molecule has 1 aliphatic rings. The van der Waals surface area contributed by atoms with E-state index in [1.54, 1.807) is 0 Å². The summed E-state index contributed by atoms with van der Waals surface area (Å²) in [6, 6.07) is 9.72. The third-order valence-electron chi connectivity index (χ3n) is 3.51. The predicted molar refractivity (Wildman–Crippen MR) is 83.9 cm³/mol. The first-order valence-electron chi connectivity index (χ1n) is 7.22. The van der Waals surface area contributed by atoms with Crippen LogP contribution in [0.25, 0.3) is 0 Å². The lowest BCUT2D eigenvalue weighted by Gasteiger charge is -2.05. The molecular formula is C16H21N3S. The number of benzene rings is 1. The van der Waals surface area contributed by atoms with Gasteiger partial charge in [0, 0.05) is 36.5 Å². The van der Waals surface area contributed by atoms with Crippen molar-refractivity contribution in [2.75, 3.05) is 5.75 Å². The Hall–Kier alpha value is -1.26. The Kier molecular flexibility index (Phi) is 4.43. The molecule has 0 bridgehead atoms. The largest absolute Gasteiger partial charge is 0.310 e. The number of aromatic nitrogens is 2. The van der Waals surface area contributed by atoms with Crippen LogP contribution in [-0.4, -0.2) is 21.6 Å². The minimum Gasteiger partial charge on any atom is -0.310 e. The zero-order chi connectivity index (χ0) is 13.8. The lowest BCUT2D eigenvalue weighted by atomic mass is 10.2. The van der Waals surface area contributed by atoms with Gasteiger partial charge in [0.1, 0.15) is 0 Å². The van der Waals surface area contributed by atoms with Gasteiger partial charge in [-0.15, -0.1) is 11.8 Å². The standard InChI is InChI=1S/C16H21N3S/c1-19-12-14(11-18-19)8-9-20-16-6-2-13(3-7-16)10-17-15-4-5-15/h2-3,6-7,11-12,15,17H,4-5,8-10H2,1H3. The molecule has 0 saturated heterocycles. The molecule has 1 saturated carbocycles. The molecule has 1 heterocycles. The van der Waals surface area contributed by atoms with Crippen LogP contribution in [0.5, 0.6) is 0 Å². The van der Waals surface area contributed by atoms with Gasteiger partial charge in [-0.05, 0) is 42.5 Å². The summed E-state index contributed by atoms with van der Waals surface area (Å²) in [5.41, 5.74) is 2.69. The summed E-state index contributed by atoms with van der Waals surface area (Å²) >= 11 is 1.91. The highest BCUT2D eigenvalue weighted by Crippen LogP contribution is 2.21. The average molecular weight is 287 g/mol. The van der Waals surface area contributed by atoms with E-state index in [2.05, 4.69) is 40.9 Å². The van der Waals surface area contributed by atoms with Crippen LogP contribution in [0.4, 0.5) is 0 Å². The van der Waals surface area contributed by atoms with Crippen LogP contribution in [0.15, 0.2) is 41.6 Å². The van der Waals surface area contributed by atoms with Crippen LogP contribution < -0.4 is 5.32 Å². The molecule has 0 spiro atoms. The first kappa shape index (κ1) is 13.7. The van der Waals surface area contributed by atoms with Gasteiger partial charge in [-0.1, -0.05) is 12.1 Å². The van der Waals surface area contributed by atoms with E-state index in [0.717, 1.165) is 24.8 Å². The summed E-state index contributed by atoms with van der Waals surface area (Å²) in [5.74, 6) is 1.10. The molecule has 0 aliphatic heterocycles. The fraction of sp³-hybridized carbons (Fsp3) is 0.438. The van der Waals surface area contributed by atoms with Crippen molar-refractivity contribution in [3.05, 3.63) is 47.8 Å². The highest BCUT2D eigenvalue weighted by Gasteiger charge is 2.19. The van der Waals surface area contributed by atoms with Crippen molar-refractivity contribution in [3.63, 3.8) is 0 Å². The summed E-state index contributed by atoms with van der Waals surface area (Å²) in [5, 5.41) is 7.74. The Bertz CT molecular complexity index is 543. The van der Waals surface area contributed by atoms with Gasteiger partial charge in [0.15, 0.2) is 0 Å². The SMILES string of the molecule is Cn1cc(CCSc2ccc(CNC3CC3)cc2)cn1. The topological polar surface area (TPSA) is 29.9 Å². The highest BCUT2D eigenvalue weighted by molar-refractivity contribution is 7.99. The fourth-order valence-electron chi connectivity index (χ4n) is 2.14. The second-order valence-corrected chi connectivity index (χ2v) is 6.59. The summed E-state index contributed by atoms with van der Waals surface area (Å²) in [4.78, 5) is 1.35. The Morgan fingerprint density at radius 2 is 2.05 bits per heavy atom. The van der Waals surface area contributed by atoms with Crippen LogP contribution in [0.3, 0.4) is 0 Å². The summed E-state index contributed by atoms with van der Waals surface area (Å²) < 4.78 is 1.86. The predicted octanol–water partition coefficient (Wildman–Crippen LogP) is 3.01. The van der Waals surface area contributed by atoms with Gasteiger partial charge in [0.2, 0.25) is 0 Å². The van der Waals surface area contributed by atoms with E-state index in [1.165, 1.54) is 28.9 Å². The minimum absolute atomic E-state index is 0.781. The van der Waals surface area contributed by atoms with Gasteiger partial charge in [-0.25, -0.2) is 0 Å². The second-order valence-electron chi connectivity index (χ2n) is 5.42. The van der Waals surface area contributed by atoms with E-state index in [-0.39, 0.29) is 0 Å². The number of hydrogen-bond donors (Lipinski definition) is 1. The van der Waals surface area contributed by atoms with E-state index < -0.39 is 0 Å². The molecule has 0 unspecified atom stereocenters. The van der Waals surface area contributed by atoms with Crippen molar-refractivity contribution in [3.8, 4) is 0 Å². The van der Waals surface area contributed by atoms with E-state index in [4.69, 9.17) is 0 Å². The van der Waals surface area contributed by atoms with E-state index in [9.17, 15) is 0 Å². The molecule has 1 N–H and O–H groups in total. The summed E-state index contributed by atoms with van der Waals surface area (Å²) in [7, 11) is 1.96. The summed E-state index contributed by atoms with van der Waals surface area (Å²) in [6.07, 6.45) is 7.81. The molecular weight excluding hydrogens is 266 g/mol. The highest BCUT2D eigenvalue weighted by atomic mass is 32.2. The molecule has 1 fully saturated rings. The molecule has 4 heteroatoms. The first-order valence-corrected chi connectivity index (χ1v) is 8.21. The summed E-state index contributed by atoms with van der Waals surface area (Å²) in [6.45, 7) is 1.01.